The Hall–Kier alpha value is -0.870. The number of hydrogen-bond acceptors (Lipinski definition) is 3. The minimum atomic E-state index is -0.641. The number of hydroxylamine groups is 2. The standard InChI is InChI=1S/C10H19NO3/c1-5-6-7-9(12)8(2)10(13)11(3)14-4/h5,8-9,12H,1,6-7H2,2-4H3/t8-,9+/m1/s1. The van der Waals surface area contributed by atoms with E-state index in [-0.39, 0.29) is 5.91 Å². The Kier molecular flexibility index (Phi) is 6.16. The Morgan fingerprint density at radius 1 is 1.71 bits per heavy atom. The Labute approximate surface area is 85.1 Å². The largest absolute Gasteiger partial charge is 0.392 e. The van der Waals surface area contributed by atoms with E-state index in [2.05, 4.69) is 6.58 Å². The van der Waals surface area contributed by atoms with Gasteiger partial charge in [-0.3, -0.25) is 9.63 Å². The van der Waals surface area contributed by atoms with Crippen LogP contribution in [-0.2, 0) is 9.63 Å². The minimum Gasteiger partial charge on any atom is -0.392 e. The second-order valence-corrected chi connectivity index (χ2v) is 3.24. The van der Waals surface area contributed by atoms with Crippen molar-refractivity contribution >= 4 is 5.91 Å². The zero-order valence-electron chi connectivity index (χ0n) is 9.06. The first-order valence-corrected chi connectivity index (χ1v) is 4.65. The van der Waals surface area contributed by atoms with Gasteiger partial charge in [0.25, 0.3) is 5.91 Å². The van der Waals surface area contributed by atoms with Gasteiger partial charge >= 0.3 is 0 Å². The van der Waals surface area contributed by atoms with Gasteiger partial charge in [0.2, 0.25) is 0 Å². The van der Waals surface area contributed by atoms with Gasteiger partial charge in [0.1, 0.15) is 0 Å². The average Bonchev–Trinajstić information content (AvgIpc) is 2.22. The summed E-state index contributed by atoms with van der Waals surface area (Å²) in [5.41, 5.74) is 0. The Bertz CT molecular complexity index is 194. The lowest BCUT2D eigenvalue weighted by Crippen LogP contribution is -2.36. The van der Waals surface area contributed by atoms with Crippen LogP contribution in [0.4, 0.5) is 0 Å². The number of aliphatic hydroxyl groups excluding tert-OH is 1. The van der Waals surface area contributed by atoms with Crippen LogP contribution in [0.15, 0.2) is 12.7 Å². The highest BCUT2D eigenvalue weighted by Crippen LogP contribution is 2.12. The van der Waals surface area contributed by atoms with Gasteiger partial charge in [-0.05, 0) is 12.8 Å². The fourth-order valence-electron chi connectivity index (χ4n) is 1.08. The van der Waals surface area contributed by atoms with Crippen LogP contribution in [0.3, 0.4) is 0 Å². The van der Waals surface area contributed by atoms with Crippen molar-refractivity contribution in [1.29, 1.82) is 0 Å². The number of carbonyl (C=O) groups excluding carboxylic acids is 1. The van der Waals surface area contributed by atoms with Gasteiger partial charge in [-0.1, -0.05) is 13.0 Å². The molecular weight excluding hydrogens is 182 g/mol. The highest BCUT2D eigenvalue weighted by molar-refractivity contribution is 5.77. The molecule has 0 spiro atoms. The molecule has 0 heterocycles. The molecule has 1 amide bonds. The molecule has 2 atom stereocenters. The lowest BCUT2D eigenvalue weighted by Gasteiger charge is -2.22. The second kappa shape index (κ2) is 6.56. The lowest BCUT2D eigenvalue weighted by molar-refractivity contribution is -0.176. The first-order chi connectivity index (χ1) is 6.54. The molecule has 4 heteroatoms. The predicted octanol–water partition coefficient (Wildman–Crippen LogP) is 0.969. The van der Waals surface area contributed by atoms with E-state index in [1.54, 1.807) is 13.0 Å². The molecule has 14 heavy (non-hydrogen) atoms. The van der Waals surface area contributed by atoms with Crippen molar-refractivity contribution in [1.82, 2.24) is 5.06 Å². The second-order valence-electron chi connectivity index (χ2n) is 3.24. The van der Waals surface area contributed by atoms with E-state index < -0.39 is 12.0 Å². The quantitative estimate of drug-likeness (QED) is 0.514. The number of rotatable bonds is 6. The molecule has 0 aromatic carbocycles. The summed E-state index contributed by atoms with van der Waals surface area (Å²) < 4.78 is 0. The van der Waals surface area contributed by atoms with Gasteiger partial charge in [-0.2, -0.15) is 0 Å². The van der Waals surface area contributed by atoms with E-state index >= 15 is 0 Å². The van der Waals surface area contributed by atoms with Crippen LogP contribution in [-0.4, -0.2) is 36.3 Å². The van der Waals surface area contributed by atoms with Crippen LogP contribution in [0.5, 0.6) is 0 Å². The van der Waals surface area contributed by atoms with E-state index in [1.165, 1.54) is 14.2 Å². The molecule has 0 aliphatic rings. The zero-order chi connectivity index (χ0) is 11.1. The van der Waals surface area contributed by atoms with Crippen molar-refractivity contribution < 1.29 is 14.7 Å². The lowest BCUT2D eigenvalue weighted by atomic mass is 9.99. The number of nitrogens with zero attached hydrogens (tertiary/aromatic N) is 1. The summed E-state index contributed by atoms with van der Waals surface area (Å²) >= 11 is 0. The number of aliphatic hydroxyl groups is 1. The maximum Gasteiger partial charge on any atom is 0.251 e. The zero-order valence-corrected chi connectivity index (χ0v) is 9.06. The summed E-state index contributed by atoms with van der Waals surface area (Å²) in [6.07, 6.45) is 2.34. The number of carbonyl (C=O) groups is 1. The summed E-state index contributed by atoms with van der Waals surface area (Å²) in [6, 6.07) is 0. The van der Waals surface area contributed by atoms with Crippen LogP contribution in [0.1, 0.15) is 19.8 Å². The number of amides is 1. The van der Waals surface area contributed by atoms with E-state index in [1.807, 2.05) is 0 Å². The molecule has 0 aliphatic carbocycles. The Morgan fingerprint density at radius 3 is 2.71 bits per heavy atom. The van der Waals surface area contributed by atoms with Crippen molar-refractivity contribution in [2.24, 2.45) is 5.92 Å². The SMILES string of the molecule is C=CCC[C@H](O)[C@@H](C)C(=O)N(C)OC. The van der Waals surface area contributed by atoms with Crippen LogP contribution in [0, 0.1) is 5.92 Å². The monoisotopic (exact) mass is 201 g/mol. The van der Waals surface area contributed by atoms with E-state index in [9.17, 15) is 9.90 Å². The topological polar surface area (TPSA) is 49.8 Å². The Morgan fingerprint density at radius 2 is 2.29 bits per heavy atom. The van der Waals surface area contributed by atoms with Crippen molar-refractivity contribution in [3.8, 4) is 0 Å². The van der Waals surface area contributed by atoms with Crippen molar-refractivity contribution in [3.63, 3.8) is 0 Å². The van der Waals surface area contributed by atoms with Gasteiger partial charge in [0, 0.05) is 7.05 Å². The van der Waals surface area contributed by atoms with Crippen LogP contribution in [0.25, 0.3) is 0 Å². The summed E-state index contributed by atoms with van der Waals surface area (Å²) in [5, 5.41) is 10.7. The molecule has 0 rings (SSSR count). The van der Waals surface area contributed by atoms with Crippen molar-refractivity contribution in [2.75, 3.05) is 14.2 Å². The normalized spacial score (nSPS) is 14.6. The summed E-state index contributed by atoms with van der Waals surface area (Å²) in [4.78, 5) is 16.2. The Balaban J connectivity index is 4.09. The van der Waals surface area contributed by atoms with Crippen LogP contribution < -0.4 is 0 Å². The molecule has 0 aliphatic heterocycles. The first kappa shape index (κ1) is 13.1. The van der Waals surface area contributed by atoms with E-state index in [0.717, 1.165) is 5.06 Å². The van der Waals surface area contributed by atoms with Crippen molar-refractivity contribution in [2.45, 2.75) is 25.9 Å². The molecule has 0 saturated heterocycles. The molecular formula is C10H19NO3. The third-order valence-corrected chi connectivity index (χ3v) is 2.22. The van der Waals surface area contributed by atoms with Crippen LogP contribution >= 0.6 is 0 Å². The van der Waals surface area contributed by atoms with Gasteiger partial charge < -0.3 is 5.11 Å². The maximum atomic E-state index is 11.5. The van der Waals surface area contributed by atoms with Gasteiger partial charge in [-0.25, -0.2) is 5.06 Å². The number of hydrogen-bond donors (Lipinski definition) is 1. The van der Waals surface area contributed by atoms with E-state index in [0.29, 0.717) is 12.8 Å². The molecule has 0 unspecified atom stereocenters. The predicted molar refractivity (Wildman–Crippen MR) is 54.4 cm³/mol. The van der Waals surface area contributed by atoms with Gasteiger partial charge in [-0.15, -0.1) is 6.58 Å². The molecule has 0 aromatic heterocycles. The molecule has 0 bridgehead atoms. The molecule has 0 aromatic rings. The highest BCUT2D eigenvalue weighted by Gasteiger charge is 2.24. The first-order valence-electron chi connectivity index (χ1n) is 4.65. The fourth-order valence-corrected chi connectivity index (χ4v) is 1.08. The van der Waals surface area contributed by atoms with E-state index in [4.69, 9.17) is 4.84 Å². The minimum absolute atomic E-state index is 0.218. The highest BCUT2D eigenvalue weighted by atomic mass is 16.7. The molecule has 0 radical (unpaired) electrons. The van der Waals surface area contributed by atoms with Crippen molar-refractivity contribution in [3.05, 3.63) is 12.7 Å². The van der Waals surface area contributed by atoms with Gasteiger partial charge in [0.05, 0.1) is 19.1 Å². The fraction of sp³-hybridized carbons (Fsp3) is 0.700. The van der Waals surface area contributed by atoms with Crippen LogP contribution in [0.2, 0.25) is 0 Å². The maximum absolute atomic E-state index is 11.5. The van der Waals surface area contributed by atoms with Gasteiger partial charge in [0.15, 0.2) is 0 Å². The average molecular weight is 201 g/mol. The molecule has 1 N–H and O–H groups in total. The summed E-state index contributed by atoms with van der Waals surface area (Å²) in [6.45, 7) is 5.24. The third-order valence-electron chi connectivity index (χ3n) is 2.22. The summed E-state index contributed by atoms with van der Waals surface area (Å²) in [7, 11) is 2.94. The molecule has 0 saturated carbocycles. The molecule has 82 valence electrons. The summed E-state index contributed by atoms with van der Waals surface area (Å²) in [5.74, 6) is -0.663. The molecule has 0 fully saturated rings. The third kappa shape index (κ3) is 3.89. The number of allylic oxidation sites excluding steroid dienone is 1. The smallest absolute Gasteiger partial charge is 0.251 e. The molecule has 4 nitrogen and oxygen atoms in total.